The summed E-state index contributed by atoms with van der Waals surface area (Å²) in [5, 5.41) is 4.30. The van der Waals surface area contributed by atoms with E-state index in [4.69, 9.17) is 16.3 Å². The Hall–Kier alpha value is -0.770. The van der Waals surface area contributed by atoms with Crippen LogP contribution in [0.4, 0.5) is 0 Å². The summed E-state index contributed by atoms with van der Waals surface area (Å²) in [5.74, 6) is 1.04. The molecule has 2 rings (SSSR count). The fourth-order valence-electron chi connectivity index (χ4n) is 2.49. The molecule has 1 atom stereocenters. The summed E-state index contributed by atoms with van der Waals surface area (Å²) in [5.41, 5.74) is 2.42. The van der Waals surface area contributed by atoms with E-state index < -0.39 is 0 Å². The first-order valence-corrected chi connectivity index (χ1v) is 7.84. The quantitative estimate of drug-likeness (QED) is 0.783. The van der Waals surface area contributed by atoms with Gasteiger partial charge in [-0.2, -0.15) is 0 Å². The lowest BCUT2D eigenvalue weighted by Crippen LogP contribution is -2.34. The lowest BCUT2D eigenvalue weighted by Gasteiger charge is -2.23. The number of halogens is 1. The molecule has 20 heavy (non-hydrogen) atoms. The smallest absolute Gasteiger partial charge is 0.127 e. The fourth-order valence-corrected chi connectivity index (χ4v) is 2.75. The molecule has 1 aromatic rings. The summed E-state index contributed by atoms with van der Waals surface area (Å²) in [4.78, 5) is 2.38. The first kappa shape index (κ1) is 15.6. The van der Waals surface area contributed by atoms with Crippen LogP contribution in [0, 0.1) is 0 Å². The minimum Gasteiger partial charge on any atom is -0.493 e. The number of rotatable bonds is 7. The average Bonchev–Trinajstić information content (AvgIpc) is 2.90. The van der Waals surface area contributed by atoms with Crippen molar-refractivity contribution in [1.29, 1.82) is 0 Å². The SMILES string of the molecule is CCC(C)N(C)CCNCc1cc(Cl)cc2c1OCC2. The molecule has 1 N–H and O–H groups in total. The summed E-state index contributed by atoms with van der Waals surface area (Å²) >= 11 is 6.16. The van der Waals surface area contributed by atoms with Crippen molar-refractivity contribution in [2.24, 2.45) is 0 Å². The molecular formula is C16H25ClN2O. The molecule has 1 unspecified atom stereocenters. The maximum absolute atomic E-state index is 6.16. The highest BCUT2D eigenvalue weighted by Crippen LogP contribution is 2.32. The van der Waals surface area contributed by atoms with Gasteiger partial charge < -0.3 is 15.0 Å². The Kier molecular flexibility index (Phi) is 5.70. The topological polar surface area (TPSA) is 24.5 Å². The zero-order valence-electron chi connectivity index (χ0n) is 12.7. The van der Waals surface area contributed by atoms with Crippen molar-refractivity contribution in [3.63, 3.8) is 0 Å². The van der Waals surface area contributed by atoms with E-state index in [0.717, 1.165) is 43.4 Å². The molecule has 0 aliphatic carbocycles. The molecule has 1 heterocycles. The van der Waals surface area contributed by atoms with Crippen LogP contribution in [0.1, 0.15) is 31.4 Å². The minimum absolute atomic E-state index is 0.635. The molecule has 0 saturated carbocycles. The van der Waals surface area contributed by atoms with Crippen molar-refractivity contribution in [1.82, 2.24) is 10.2 Å². The molecule has 0 saturated heterocycles. The van der Waals surface area contributed by atoms with E-state index in [0.29, 0.717) is 6.04 Å². The van der Waals surface area contributed by atoms with Gasteiger partial charge in [0.2, 0.25) is 0 Å². The summed E-state index contributed by atoms with van der Waals surface area (Å²) < 4.78 is 5.71. The number of benzene rings is 1. The van der Waals surface area contributed by atoms with Gasteiger partial charge in [0, 0.05) is 42.7 Å². The van der Waals surface area contributed by atoms with Gasteiger partial charge in [-0.15, -0.1) is 0 Å². The summed E-state index contributed by atoms with van der Waals surface area (Å²) in [7, 11) is 2.18. The van der Waals surface area contributed by atoms with Gasteiger partial charge in [0.15, 0.2) is 0 Å². The van der Waals surface area contributed by atoms with Gasteiger partial charge in [-0.25, -0.2) is 0 Å². The molecule has 3 nitrogen and oxygen atoms in total. The van der Waals surface area contributed by atoms with Crippen LogP contribution < -0.4 is 10.1 Å². The van der Waals surface area contributed by atoms with Crippen LogP contribution in [0.3, 0.4) is 0 Å². The maximum Gasteiger partial charge on any atom is 0.127 e. The molecule has 1 aliphatic heterocycles. The van der Waals surface area contributed by atoms with E-state index in [1.54, 1.807) is 0 Å². The molecule has 0 aromatic heterocycles. The molecule has 0 bridgehead atoms. The van der Waals surface area contributed by atoms with E-state index in [1.165, 1.54) is 17.5 Å². The lowest BCUT2D eigenvalue weighted by atomic mass is 10.1. The van der Waals surface area contributed by atoms with Crippen molar-refractivity contribution >= 4 is 11.6 Å². The van der Waals surface area contributed by atoms with Crippen LogP contribution in [-0.4, -0.2) is 37.7 Å². The Morgan fingerprint density at radius 1 is 1.45 bits per heavy atom. The second-order valence-corrected chi connectivity index (χ2v) is 6.00. The summed E-state index contributed by atoms with van der Waals surface area (Å²) in [6, 6.07) is 4.66. The maximum atomic E-state index is 6.16. The second kappa shape index (κ2) is 7.30. The number of likely N-dealkylation sites (N-methyl/N-ethyl adjacent to an activating group) is 1. The van der Waals surface area contributed by atoms with Crippen molar-refractivity contribution < 1.29 is 4.74 Å². The Bertz CT molecular complexity index is 450. The standard InChI is InChI=1S/C16H25ClN2O/c1-4-12(2)19(3)7-6-18-11-14-10-15(17)9-13-5-8-20-16(13)14/h9-10,12,18H,4-8,11H2,1-3H3. The molecule has 0 amide bonds. The van der Waals surface area contributed by atoms with Crippen LogP contribution in [-0.2, 0) is 13.0 Å². The Morgan fingerprint density at radius 2 is 2.25 bits per heavy atom. The highest BCUT2D eigenvalue weighted by molar-refractivity contribution is 6.30. The van der Waals surface area contributed by atoms with Crippen LogP contribution in [0.5, 0.6) is 5.75 Å². The van der Waals surface area contributed by atoms with E-state index in [1.807, 2.05) is 12.1 Å². The summed E-state index contributed by atoms with van der Waals surface area (Å²) in [6.45, 7) is 8.11. The van der Waals surface area contributed by atoms with Crippen LogP contribution in [0.2, 0.25) is 5.02 Å². The van der Waals surface area contributed by atoms with Gasteiger partial charge in [0.1, 0.15) is 5.75 Å². The van der Waals surface area contributed by atoms with Crippen molar-refractivity contribution in [3.8, 4) is 5.75 Å². The van der Waals surface area contributed by atoms with E-state index in [9.17, 15) is 0 Å². The highest BCUT2D eigenvalue weighted by atomic mass is 35.5. The van der Waals surface area contributed by atoms with E-state index in [2.05, 4.69) is 31.1 Å². The first-order chi connectivity index (χ1) is 9.61. The zero-order chi connectivity index (χ0) is 14.5. The van der Waals surface area contributed by atoms with Gasteiger partial charge in [-0.3, -0.25) is 0 Å². The monoisotopic (exact) mass is 296 g/mol. The lowest BCUT2D eigenvalue weighted by molar-refractivity contribution is 0.251. The van der Waals surface area contributed by atoms with Crippen LogP contribution in [0.25, 0.3) is 0 Å². The van der Waals surface area contributed by atoms with Gasteiger partial charge in [-0.1, -0.05) is 18.5 Å². The van der Waals surface area contributed by atoms with Gasteiger partial charge in [0.05, 0.1) is 6.61 Å². The normalized spacial score (nSPS) is 15.2. The zero-order valence-corrected chi connectivity index (χ0v) is 13.5. The number of nitrogens with zero attached hydrogens (tertiary/aromatic N) is 1. The minimum atomic E-state index is 0.635. The van der Waals surface area contributed by atoms with Crippen LogP contribution in [0.15, 0.2) is 12.1 Å². The molecule has 1 aliphatic rings. The number of nitrogens with one attached hydrogen (secondary N) is 1. The summed E-state index contributed by atoms with van der Waals surface area (Å²) in [6.07, 6.45) is 2.16. The molecule has 1 aromatic carbocycles. The third kappa shape index (κ3) is 3.87. The highest BCUT2D eigenvalue weighted by Gasteiger charge is 2.17. The number of fused-ring (bicyclic) bond motifs is 1. The molecule has 4 heteroatoms. The number of hydrogen-bond donors (Lipinski definition) is 1. The third-order valence-electron chi connectivity index (χ3n) is 4.13. The largest absolute Gasteiger partial charge is 0.493 e. The Morgan fingerprint density at radius 3 is 3.00 bits per heavy atom. The predicted octanol–water partition coefficient (Wildman–Crippen LogP) is 3.09. The average molecular weight is 297 g/mol. The van der Waals surface area contributed by atoms with Crippen molar-refractivity contribution in [2.75, 3.05) is 26.7 Å². The molecular weight excluding hydrogens is 272 g/mol. The van der Waals surface area contributed by atoms with Crippen molar-refractivity contribution in [3.05, 3.63) is 28.3 Å². The molecule has 0 radical (unpaired) electrons. The van der Waals surface area contributed by atoms with Crippen LogP contribution >= 0.6 is 11.6 Å². The van der Waals surface area contributed by atoms with Gasteiger partial charge >= 0.3 is 0 Å². The van der Waals surface area contributed by atoms with Crippen molar-refractivity contribution in [2.45, 2.75) is 39.3 Å². The second-order valence-electron chi connectivity index (χ2n) is 5.57. The Labute approximate surface area is 127 Å². The molecule has 0 fully saturated rings. The van der Waals surface area contributed by atoms with E-state index >= 15 is 0 Å². The fraction of sp³-hybridized carbons (Fsp3) is 0.625. The Balaban J connectivity index is 1.83. The van der Waals surface area contributed by atoms with E-state index in [-0.39, 0.29) is 0 Å². The number of ether oxygens (including phenoxy) is 1. The number of hydrogen-bond acceptors (Lipinski definition) is 3. The van der Waals surface area contributed by atoms with Gasteiger partial charge in [0.25, 0.3) is 0 Å². The third-order valence-corrected chi connectivity index (χ3v) is 4.34. The molecule has 0 spiro atoms. The molecule has 112 valence electrons. The van der Waals surface area contributed by atoms with Gasteiger partial charge in [-0.05, 0) is 38.1 Å². The predicted molar refractivity (Wildman–Crippen MR) is 84.7 cm³/mol. The first-order valence-electron chi connectivity index (χ1n) is 7.47.